The van der Waals surface area contributed by atoms with Gasteiger partial charge in [0, 0.05) is 12.1 Å². The minimum Gasteiger partial charge on any atom is -0.492 e. The van der Waals surface area contributed by atoms with E-state index in [0.717, 1.165) is 19.3 Å². The van der Waals surface area contributed by atoms with Crippen molar-refractivity contribution in [1.29, 1.82) is 0 Å². The summed E-state index contributed by atoms with van der Waals surface area (Å²) in [6, 6.07) is 4.40. The fraction of sp³-hybridized carbons (Fsp3) is 0.571. The number of nitrogens with one attached hydrogen (secondary N) is 1. The Bertz CT molecular complexity index is 531. The zero-order chi connectivity index (χ0) is 15.2. The van der Waals surface area contributed by atoms with Gasteiger partial charge in [-0.3, -0.25) is 0 Å². The Labute approximate surface area is 126 Å². The lowest BCUT2D eigenvalue weighted by molar-refractivity contribution is 0.309. The summed E-state index contributed by atoms with van der Waals surface area (Å²) >= 11 is 6.02. The number of benzene rings is 1. The van der Waals surface area contributed by atoms with Crippen LogP contribution in [0.5, 0.6) is 5.75 Å². The Balaban J connectivity index is 2.93. The Kier molecular flexibility index (Phi) is 6.79. The SMILES string of the molecule is CCCCOc1cc(S(=O)(=O)N[C@@H](C)CC)ccc1Cl. The van der Waals surface area contributed by atoms with Crippen LogP contribution in [-0.2, 0) is 10.0 Å². The van der Waals surface area contributed by atoms with E-state index in [9.17, 15) is 8.42 Å². The lowest BCUT2D eigenvalue weighted by atomic mass is 10.3. The van der Waals surface area contributed by atoms with Crippen LogP contribution in [0.4, 0.5) is 0 Å². The monoisotopic (exact) mass is 319 g/mol. The molecule has 0 heterocycles. The minimum absolute atomic E-state index is 0.111. The molecule has 1 aromatic carbocycles. The Hall–Kier alpha value is -0.780. The van der Waals surface area contributed by atoms with Gasteiger partial charge in [-0.25, -0.2) is 13.1 Å². The third-order valence-electron chi connectivity index (χ3n) is 2.94. The number of sulfonamides is 1. The first kappa shape index (κ1) is 17.3. The van der Waals surface area contributed by atoms with E-state index in [2.05, 4.69) is 11.6 Å². The fourth-order valence-corrected chi connectivity index (χ4v) is 3.02. The molecule has 20 heavy (non-hydrogen) atoms. The maximum atomic E-state index is 12.2. The number of ether oxygens (including phenoxy) is 1. The molecule has 0 aliphatic rings. The summed E-state index contributed by atoms with van der Waals surface area (Å²) in [7, 11) is -3.53. The smallest absolute Gasteiger partial charge is 0.240 e. The van der Waals surface area contributed by atoms with E-state index in [4.69, 9.17) is 16.3 Å². The third-order valence-corrected chi connectivity index (χ3v) is 4.84. The molecule has 0 bridgehead atoms. The Morgan fingerprint density at radius 3 is 2.65 bits per heavy atom. The first-order chi connectivity index (χ1) is 9.40. The van der Waals surface area contributed by atoms with Crippen molar-refractivity contribution in [3.05, 3.63) is 23.2 Å². The number of hydrogen-bond donors (Lipinski definition) is 1. The van der Waals surface area contributed by atoms with Crippen molar-refractivity contribution in [3.8, 4) is 5.75 Å². The van der Waals surface area contributed by atoms with E-state index in [1.54, 1.807) is 6.07 Å². The Morgan fingerprint density at radius 2 is 2.05 bits per heavy atom. The van der Waals surface area contributed by atoms with Gasteiger partial charge in [-0.15, -0.1) is 0 Å². The highest BCUT2D eigenvalue weighted by Gasteiger charge is 2.18. The highest BCUT2D eigenvalue weighted by molar-refractivity contribution is 7.89. The van der Waals surface area contributed by atoms with Crippen molar-refractivity contribution in [1.82, 2.24) is 4.72 Å². The number of unbranched alkanes of at least 4 members (excludes halogenated alkanes) is 1. The molecule has 0 saturated heterocycles. The molecule has 1 rings (SSSR count). The summed E-state index contributed by atoms with van der Waals surface area (Å²) in [4.78, 5) is 0.175. The van der Waals surface area contributed by atoms with E-state index >= 15 is 0 Å². The molecule has 114 valence electrons. The second-order valence-electron chi connectivity index (χ2n) is 4.72. The van der Waals surface area contributed by atoms with Gasteiger partial charge in [0.25, 0.3) is 0 Å². The molecule has 1 N–H and O–H groups in total. The zero-order valence-electron chi connectivity index (χ0n) is 12.1. The van der Waals surface area contributed by atoms with Crippen LogP contribution in [0.3, 0.4) is 0 Å². The zero-order valence-corrected chi connectivity index (χ0v) is 13.7. The average molecular weight is 320 g/mol. The van der Waals surface area contributed by atoms with E-state index < -0.39 is 10.0 Å². The van der Waals surface area contributed by atoms with Gasteiger partial charge >= 0.3 is 0 Å². The quantitative estimate of drug-likeness (QED) is 0.745. The lowest BCUT2D eigenvalue weighted by Gasteiger charge is -2.14. The molecule has 0 fully saturated rings. The van der Waals surface area contributed by atoms with Gasteiger partial charge < -0.3 is 4.74 Å². The highest BCUT2D eigenvalue weighted by Crippen LogP contribution is 2.27. The van der Waals surface area contributed by atoms with Crippen LogP contribution >= 0.6 is 11.6 Å². The van der Waals surface area contributed by atoms with Crippen molar-refractivity contribution in [3.63, 3.8) is 0 Å². The number of rotatable bonds is 8. The lowest BCUT2D eigenvalue weighted by Crippen LogP contribution is -2.32. The van der Waals surface area contributed by atoms with Crippen LogP contribution in [0.2, 0.25) is 5.02 Å². The topological polar surface area (TPSA) is 55.4 Å². The van der Waals surface area contributed by atoms with Gasteiger partial charge in [0.1, 0.15) is 5.75 Å². The average Bonchev–Trinajstić information content (AvgIpc) is 2.40. The molecule has 6 heteroatoms. The van der Waals surface area contributed by atoms with Gasteiger partial charge in [0.15, 0.2) is 0 Å². The third kappa shape index (κ3) is 4.96. The second-order valence-corrected chi connectivity index (χ2v) is 6.85. The molecule has 0 aromatic heterocycles. The van der Waals surface area contributed by atoms with Gasteiger partial charge in [-0.05, 0) is 31.9 Å². The summed E-state index contributed by atoms with van der Waals surface area (Å²) in [6.45, 7) is 6.33. The summed E-state index contributed by atoms with van der Waals surface area (Å²) in [6.07, 6.45) is 2.64. The molecule has 0 unspecified atom stereocenters. The standard InChI is InChI=1S/C14H22ClNO3S/c1-4-6-9-19-14-10-12(7-8-13(14)15)20(17,18)16-11(3)5-2/h7-8,10-11,16H,4-6,9H2,1-3H3/t11-/m0/s1. The minimum atomic E-state index is -3.53. The maximum Gasteiger partial charge on any atom is 0.240 e. The van der Waals surface area contributed by atoms with Crippen LogP contribution in [0.15, 0.2) is 23.1 Å². The summed E-state index contributed by atoms with van der Waals surface area (Å²) in [5.41, 5.74) is 0. The van der Waals surface area contributed by atoms with Crippen molar-refractivity contribution in [2.75, 3.05) is 6.61 Å². The first-order valence-electron chi connectivity index (χ1n) is 6.85. The molecular formula is C14H22ClNO3S. The summed E-state index contributed by atoms with van der Waals surface area (Å²) in [5, 5.41) is 0.420. The molecule has 0 amide bonds. The predicted octanol–water partition coefficient (Wildman–Crippen LogP) is 3.60. The van der Waals surface area contributed by atoms with Gasteiger partial charge in [0.2, 0.25) is 10.0 Å². The van der Waals surface area contributed by atoms with Crippen molar-refractivity contribution >= 4 is 21.6 Å². The maximum absolute atomic E-state index is 12.2. The van der Waals surface area contributed by atoms with Gasteiger partial charge in [-0.1, -0.05) is 31.9 Å². The van der Waals surface area contributed by atoms with Crippen molar-refractivity contribution in [2.45, 2.75) is 51.0 Å². The van der Waals surface area contributed by atoms with Crippen LogP contribution < -0.4 is 9.46 Å². The van der Waals surface area contributed by atoms with E-state index in [1.165, 1.54) is 12.1 Å². The van der Waals surface area contributed by atoms with Crippen LogP contribution in [0, 0.1) is 0 Å². The van der Waals surface area contributed by atoms with Crippen LogP contribution in [0.1, 0.15) is 40.0 Å². The first-order valence-corrected chi connectivity index (χ1v) is 8.71. The summed E-state index contributed by atoms with van der Waals surface area (Å²) in [5.74, 6) is 0.409. The van der Waals surface area contributed by atoms with E-state index in [1.807, 2.05) is 13.8 Å². The second kappa shape index (κ2) is 7.86. The fourth-order valence-electron chi connectivity index (χ4n) is 1.50. The van der Waals surface area contributed by atoms with Gasteiger partial charge in [0.05, 0.1) is 16.5 Å². The molecule has 4 nitrogen and oxygen atoms in total. The molecular weight excluding hydrogens is 298 g/mol. The highest BCUT2D eigenvalue weighted by atomic mass is 35.5. The normalized spacial score (nSPS) is 13.2. The van der Waals surface area contributed by atoms with Gasteiger partial charge in [-0.2, -0.15) is 0 Å². The number of halogens is 1. The molecule has 0 aliphatic carbocycles. The van der Waals surface area contributed by atoms with E-state index in [0.29, 0.717) is 17.4 Å². The number of hydrogen-bond acceptors (Lipinski definition) is 3. The molecule has 0 saturated carbocycles. The van der Waals surface area contributed by atoms with Crippen molar-refractivity contribution < 1.29 is 13.2 Å². The molecule has 1 atom stereocenters. The molecule has 0 spiro atoms. The molecule has 0 radical (unpaired) electrons. The molecule has 1 aromatic rings. The Morgan fingerprint density at radius 1 is 1.35 bits per heavy atom. The molecule has 0 aliphatic heterocycles. The van der Waals surface area contributed by atoms with E-state index in [-0.39, 0.29) is 10.9 Å². The van der Waals surface area contributed by atoms with Crippen LogP contribution in [0.25, 0.3) is 0 Å². The largest absolute Gasteiger partial charge is 0.492 e. The van der Waals surface area contributed by atoms with Crippen molar-refractivity contribution in [2.24, 2.45) is 0 Å². The van der Waals surface area contributed by atoms with Crippen LogP contribution in [-0.4, -0.2) is 21.1 Å². The predicted molar refractivity (Wildman–Crippen MR) is 81.9 cm³/mol. The summed E-state index contributed by atoms with van der Waals surface area (Å²) < 4.78 is 32.5.